The fourth-order valence-electron chi connectivity index (χ4n) is 1.40. The highest BCUT2D eigenvalue weighted by molar-refractivity contribution is 5.32. The van der Waals surface area contributed by atoms with Crippen LogP contribution in [0.1, 0.15) is 19.3 Å². The lowest BCUT2D eigenvalue weighted by Gasteiger charge is -2.15. The van der Waals surface area contributed by atoms with E-state index < -0.39 is 0 Å². The van der Waals surface area contributed by atoms with Gasteiger partial charge >= 0.3 is 0 Å². The maximum absolute atomic E-state index is 8.84. The molecule has 1 saturated carbocycles. The Morgan fingerprint density at radius 3 is 2.62 bits per heavy atom. The molecule has 13 heavy (non-hydrogen) atoms. The van der Waals surface area contributed by atoms with Crippen LogP contribution in [0.3, 0.4) is 0 Å². The minimum absolute atomic E-state index is 0.0795. The Morgan fingerprint density at radius 2 is 2.08 bits per heavy atom. The van der Waals surface area contributed by atoms with Gasteiger partial charge in [-0.25, -0.2) is 9.97 Å². The Balaban J connectivity index is 1.98. The van der Waals surface area contributed by atoms with Crippen molar-refractivity contribution in [1.29, 1.82) is 0 Å². The first kappa shape index (κ1) is 8.44. The summed E-state index contributed by atoms with van der Waals surface area (Å²) in [6.07, 6.45) is 6.41. The number of aliphatic hydroxyl groups is 1. The molecule has 0 amide bonds. The zero-order valence-corrected chi connectivity index (χ0v) is 7.40. The molecule has 4 nitrogen and oxygen atoms in total. The van der Waals surface area contributed by atoms with E-state index >= 15 is 0 Å². The number of aromatic nitrogens is 2. The second-order valence-corrected chi connectivity index (χ2v) is 3.45. The van der Waals surface area contributed by atoms with Gasteiger partial charge in [0, 0.05) is 24.5 Å². The molecule has 0 bridgehead atoms. The number of nitrogens with zero attached hydrogens (tertiary/aromatic N) is 2. The van der Waals surface area contributed by atoms with Gasteiger partial charge in [-0.1, -0.05) is 0 Å². The maximum atomic E-state index is 8.84. The number of anilines is 1. The molecule has 0 atom stereocenters. The van der Waals surface area contributed by atoms with Crippen LogP contribution in [0.4, 0.5) is 5.95 Å². The third kappa shape index (κ3) is 1.95. The van der Waals surface area contributed by atoms with E-state index in [0.717, 1.165) is 19.3 Å². The van der Waals surface area contributed by atoms with Crippen LogP contribution >= 0.6 is 0 Å². The van der Waals surface area contributed by atoms with Crippen molar-refractivity contribution in [1.82, 2.24) is 9.97 Å². The molecule has 0 aliphatic heterocycles. The van der Waals surface area contributed by atoms with Crippen LogP contribution in [0.2, 0.25) is 0 Å². The lowest BCUT2D eigenvalue weighted by Crippen LogP contribution is -2.23. The second-order valence-electron chi connectivity index (χ2n) is 3.45. The van der Waals surface area contributed by atoms with Gasteiger partial charge in [0.1, 0.15) is 0 Å². The number of nitrogens with one attached hydrogen (secondary N) is 1. The molecule has 1 aromatic rings. The Morgan fingerprint density at radius 1 is 1.38 bits per heavy atom. The molecule has 70 valence electrons. The summed E-state index contributed by atoms with van der Waals surface area (Å²) in [7, 11) is 0. The van der Waals surface area contributed by atoms with Crippen molar-refractivity contribution in [3.05, 3.63) is 18.5 Å². The van der Waals surface area contributed by atoms with Crippen molar-refractivity contribution < 1.29 is 5.11 Å². The van der Waals surface area contributed by atoms with Crippen LogP contribution in [-0.2, 0) is 0 Å². The van der Waals surface area contributed by atoms with Gasteiger partial charge in [-0.05, 0) is 25.3 Å². The first-order valence-electron chi connectivity index (χ1n) is 4.51. The maximum Gasteiger partial charge on any atom is 0.223 e. The number of hydrogen-bond donors (Lipinski definition) is 2. The van der Waals surface area contributed by atoms with Crippen molar-refractivity contribution >= 4 is 5.95 Å². The molecule has 1 aliphatic rings. The van der Waals surface area contributed by atoms with E-state index in [0.29, 0.717) is 5.95 Å². The van der Waals surface area contributed by atoms with E-state index in [1.54, 1.807) is 18.5 Å². The van der Waals surface area contributed by atoms with Crippen molar-refractivity contribution in [2.75, 3.05) is 11.9 Å². The predicted molar refractivity (Wildman–Crippen MR) is 49.3 cm³/mol. The molecular formula is C9H13N3O. The molecule has 1 aliphatic carbocycles. The van der Waals surface area contributed by atoms with E-state index in [2.05, 4.69) is 15.3 Å². The molecule has 0 saturated heterocycles. The fraction of sp³-hybridized carbons (Fsp3) is 0.556. The first-order chi connectivity index (χ1) is 6.35. The third-order valence-corrected chi connectivity index (χ3v) is 2.39. The number of rotatable bonds is 4. The minimum Gasteiger partial charge on any atom is -0.396 e. The van der Waals surface area contributed by atoms with Gasteiger partial charge in [-0.2, -0.15) is 0 Å². The minimum atomic E-state index is 0.0795. The van der Waals surface area contributed by atoms with Gasteiger partial charge in [0.15, 0.2) is 0 Å². The third-order valence-electron chi connectivity index (χ3n) is 2.39. The van der Waals surface area contributed by atoms with Crippen LogP contribution in [0.5, 0.6) is 0 Å². The SMILES string of the molecule is OCCC1(Nc2ncccn2)CC1. The molecule has 4 heteroatoms. The molecule has 0 aromatic carbocycles. The van der Waals surface area contributed by atoms with Crippen molar-refractivity contribution in [2.45, 2.75) is 24.8 Å². The molecule has 0 spiro atoms. The monoisotopic (exact) mass is 179 g/mol. The molecule has 0 radical (unpaired) electrons. The molecule has 1 fully saturated rings. The summed E-state index contributed by atoms with van der Waals surface area (Å²) in [5.41, 5.74) is 0.0795. The van der Waals surface area contributed by atoms with E-state index in [9.17, 15) is 0 Å². The Bertz CT molecular complexity index is 271. The molecular weight excluding hydrogens is 166 g/mol. The number of aliphatic hydroxyl groups excluding tert-OH is 1. The molecule has 2 N–H and O–H groups in total. The van der Waals surface area contributed by atoms with Gasteiger partial charge in [0.05, 0.1) is 0 Å². The normalized spacial score (nSPS) is 18.2. The van der Waals surface area contributed by atoms with Crippen LogP contribution in [0, 0.1) is 0 Å². The second kappa shape index (κ2) is 3.30. The summed E-state index contributed by atoms with van der Waals surface area (Å²) in [5.74, 6) is 0.661. The first-order valence-corrected chi connectivity index (χ1v) is 4.51. The summed E-state index contributed by atoms with van der Waals surface area (Å²) in [6, 6.07) is 1.79. The highest BCUT2D eigenvalue weighted by Crippen LogP contribution is 2.40. The van der Waals surface area contributed by atoms with E-state index in [4.69, 9.17) is 5.11 Å². The highest BCUT2D eigenvalue weighted by Gasteiger charge is 2.42. The van der Waals surface area contributed by atoms with E-state index in [1.807, 2.05) is 0 Å². The number of hydrogen-bond acceptors (Lipinski definition) is 4. The molecule has 1 aromatic heterocycles. The van der Waals surface area contributed by atoms with E-state index in [-0.39, 0.29) is 12.1 Å². The van der Waals surface area contributed by atoms with Crippen LogP contribution in [-0.4, -0.2) is 27.2 Å². The Hall–Kier alpha value is -1.16. The molecule has 0 unspecified atom stereocenters. The van der Waals surface area contributed by atoms with Gasteiger partial charge in [0.25, 0.3) is 0 Å². The van der Waals surface area contributed by atoms with Gasteiger partial charge in [-0.3, -0.25) is 0 Å². The van der Waals surface area contributed by atoms with E-state index in [1.165, 1.54) is 0 Å². The summed E-state index contributed by atoms with van der Waals surface area (Å²) >= 11 is 0. The molecule has 1 heterocycles. The van der Waals surface area contributed by atoms with Crippen LogP contribution < -0.4 is 5.32 Å². The van der Waals surface area contributed by atoms with Crippen molar-refractivity contribution in [2.24, 2.45) is 0 Å². The zero-order valence-electron chi connectivity index (χ0n) is 7.40. The average molecular weight is 179 g/mol. The Kier molecular flexibility index (Phi) is 2.14. The van der Waals surface area contributed by atoms with Gasteiger partial charge in [0.2, 0.25) is 5.95 Å². The lowest BCUT2D eigenvalue weighted by atomic mass is 10.2. The topological polar surface area (TPSA) is 58.0 Å². The summed E-state index contributed by atoms with van der Waals surface area (Å²) in [4.78, 5) is 8.16. The van der Waals surface area contributed by atoms with Gasteiger partial charge < -0.3 is 10.4 Å². The predicted octanol–water partition coefficient (Wildman–Crippen LogP) is 0.803. The summed E-state index contributed by atoms with van der Waals surface area (Å²) in [5, 5.41) is 12.1. The van der Waals surface area contributed by atoms with Crippen LogP contribution in [0.25, 0.3) is 0 Å². The summed E-state index contributed by atoms with van der Waals surface area (Å²) < 4.78 is 0. The zero-order chi connectivity index (χ0) is 9.15. The Labute approximate surface area is 77.0 Å². The smallest absolute Gasteiger partial charge is 0.223 e. The highest BCUT2D eigenvalue weighted by atomic mass is 16.3. The van der Waals surface area contributed by atoms with Crippen LogP contribution in [0.15, 0.2) is 18.5 Å². The van der Waals surface area contributed by atoms with Crippen molar-refractivity contribution in [3.63, 3.8) is 0 Å². The summed E-state index contributed by atoms with van der Waals surface area (Å²) in [6.45, 7) is 0.222. The standard InChI is InChI=1S/C9H13N3O/c13-7-4-9(2-3-9)12-8-10-5-1-6-11-8/h1,5-6,13H,2-4,7H2,(H,10,11,12). The lowest BCUT2D eigenvalue weighted by molar-refractivity contribution is 0.275. The largest absolute Gasteiger partial charge is 0.396 e. The fourth-order valence-corrected chi connectivity index (χ4v) is 1.40. The quantitative estimate of drug-likeness (QED) is 0.718. The average Bonchev–Trinajstić information content (AvgIpc) is 2.87. The van der Waals surface area contributed by atoms with Crippen molar-refractivity contribution in [3.8, 4) is 0 Å². The van der Waals surface area contributed by atoms with Gasteiger partial charge in [-0.15, -0.1) is 0 Å². The molecule has 2 rings (SSSR count).